The predicted octanol–water partition coefficient (Wildman–Crippen LogP) is 4.34. The SMILES string of the molecule is CCCOCC1CCN(c2ncnc(Oc3ccc(CCC(C)=O)cc3)c2[N+](=O)[O-])CC1. The van der Waals surface area contributed by atoms with E-state index in [2.05, 4.69) is 16.9 Å². The van der Waals surface area contributed by atoms with Gasteiger partial charge < -0.3 is 19.2 Å². The van der Waals surface area contributed by atoms with Crippen LogP contribution >= 0.6 is 0 Å². The third-order valence-corrected chi connectivity index (χ3v) is 5.47. The van der Waals surface area contributed by atoms with Crippen molar-refractivity contribution in [3.05, 3.63) is 46.3 Å². The summed E-state index contributed by atoms with van der Waals surface area (Å²) in [6.07, 6.45) is 5.20. The average molecular weight is 443 g/mol. The number of rotatable bonds is 11. The van der Waals surface area contributed by atoms with Crippen LogP contribution in [0.4, 0.5) is 11.5 Å². The molecular formula is C23H30N4O5. The van der Waals surface area contributed by atoms with E-state index in [1.54, 1.807) is 19.1 Å². The Morgan fingerprint density at radius 2 is 1.94 bits per heavy atom. The van der Waals surface area contributed by atoms with Crippen molar-refractivity contribution in [1.82, 2.24) is 9.97 Å². The molecule has 0 radical (unpaired) electrons. The third-order valence-electron chi connectivity index (χ3n) is 5.47. The van der Waals surface area contributed by atoms with E-state index in [-0.39, 0.29) is 23.2 Å². The molecule has 0 unspecified atom stereocenters. The number of nitro groups is 1. The number of Topliss-reactive ketones (excluding diaryl/α,β-unsaturated/α-hetero) is 1. The highest BCUT2D eigenvalue weighted by Gasteiger charge is 2.31. The average Bonchev–Trinajstić information content (AvgIpc) is 2.79. The molecule has 0 N–H and O–H groups in total. The van der Waals surface area contributed by atoms with Crippen molar-refractivity contribution < 1.29 is 19.2 Å². The van der Waals surface area contributed by atoms with Crippen LogP contribution in [0.2, 0.25) is 0 Å². The van der Waals surface area contributed by atoms with Crippen molar-refractivity contribution in [2.75, 3.05) is 31.2 Å². The number of aromatic nitrogens is 2. The normalized spacial score (nSPS) is 14.4. The van der Waals surface area contributed by atoms with Crippen LogP contribution in [-0.4, -0.2) is 47.0 Å². The Morgan fingerprint density at radius 3 is 2.56 bits per heavy atom. The zero-order valence-electron chi connectivity index (χ0n) is 18.7. The molecule has 0 bridgehead atoms. The fraction of sp³-hybridized carbons (Fsp3) is 0.522. The van der Waals surface area contributed by atoms with E-state index in [4.69, 9.17) is 9.47 Å². The van der Waals surface area contributed by atoms with Gasteiger partial charge in [-0.25, -0.2) is 4.98 Å². The van der Waals surface area contributed by atoms with E-state index >= 15 is 0 Å². The van der Waals surface area contributed by atoms with Crippen molar-refractivity contribution in [2.24, 2.45) is 5.92 Å². The maximum Gasteiger partial charge on any atom is 0.373 e. The molecule has 9 nitrogen and oxygen atoms in total. The maximum atomic E-state index is 11.9. The Balaban J connectivity index is 1.70. The highest BCUT2D eigenvalue weighted by molar-refractivity contribution is 5.75. The van der Waals surface area contributed by atoms with E-state index in [9.17, 15) is 14.9 Å². The largest absolute Gasteiger partial charge is 0.434 e. The summed E-state index contributed by atoms with van der Waals surface area (Å²) in [6.45, 7) is 6.47. The van der Waals surface area contributed by atoms with Crippen molar-refractivity contribution in [3.63, 3.8) is 0 Å². The second kappa shape index (κ2) is 11.5. The third kappa shape index (κ3) is 6.46. The second-order valence-electron chi connectivity index (χ2n) is 8.06. The molecule has 0 spiro atoms. The van der Waals surface area contributed by atoms with Gasteiger partial charge in [-0.15, -0.1) is 0 Å². The lowest BCUT2D eigenvalue weighted by Gasteiger charge is -2.32. The van der Waals surface area contributed by atoms with Crippen LogP contribution in [0.3, 0.4) is 0 Å². The second-order valence-corrected chi connectivity index (χ2v) is 8.06. The van der Waals surface area contributed by atoms with Gasteiger partial charge in [0.1, 0.15) is 17.9 Å². The minimum atomic E-state index is -0.484. The Hall–Kier alpha value is -3.07. The highest BCUT2D eigenvalue weighted by atomic mass is 16.6. The van der Waals surface area contributed by atoms with Gasteiger partial charge in [0, 0.05) is 32.7 Å². The van der Waals surface area contributed by atoms with Crippen LogP contribution in [-0.2, 0) is 16.0 Å². The summed E-state index contributed by atoms with van der Waals surface area (Å²) in [5.41, 5.74) is 0.769. The highest BCUT2D eigenvalue weighted by Crippen LogP contribution is 2.37. The van der Waals surface area contributed by atoms with Gasteiger partial charge >= 0.3 is 11.6 Å². The molecule has 9 heteroatoms. The van der Waals surface area contributed by atoms with Crippen LogP contribution in [0, 0.1) is 16.0 Å². The number of benzene rings is 1. The Kier molecular flexibility index (Phi) is 8.49. The number of ketones is 1. The number of nitrogens with zero attached hydrogens (tertiary/aromatic N) is 4. The molecule has 0 atom stereocenters. The van der Waals surface area contributed by atoms with E-state index in [1.165, 1.54) is 6.33 Å². The number of piperidine rings is 1. The molecule has 1 aliphatic rings. The van der Waals surface area contributed by atoms with Gasteiger partial charge in [-0.1, -0.05) is 19.1 Å². The number of carbonyl (C=O) groups excluding carboxylic acids is 1. The number of hydrogen-bond acceptors (Lipinski definition) is 8. The summed E-state index contributed by atoms with van der Waals surface area (Å²) in [6, 6.07) is 7.14. The molecule has 1 aromatic heterocycles. The molecule has 1 fully saturated rings. The summed E-state index contributed by atoms with van der Waals surface area (Å²) < 4.78 is 11.4. The molecule has 3 rings (SSSR count). The van der Waals surface area contributed by atoms with Crippen LogP contribution in [0.15, 0.2) is 30.6 Å². The van der Waals surface area contributed by atoms with Crippen LogP contribution in [0.5, 0.6) is 11.6 Å². The molecule has 0 amide bonds. The predicted molar refractivity (Wildman–Crippen MR) is 120 cm³/mol. The van der Waals surface area contributed by atoms with Crippen LogP contribution in [0.25, 0.3) is 0 Å². The monoisotopic (exact) mass is 442 g/mol. The molecule has 1 aliphatic heterocycles. The molecule has 1 aromatic carbocycles. The maximum absolute atomic E-state index is 11.9. The fourth-order valence-electron chi connectivity index (χ4n) is 3.68. The zero-order valence-corrected chi connectivity index (χ0v) is 18.7. The molecule has 2 aromatic rings. The van der Waals surface area contributed by atoms with Crippen molar-refractivity contribution in [2.45, 2.75) is 46.0 Å². The molecular weight excluding hydrogens is 412 g/mol. The summed E-state index contributed by atoms with van der Waals surface area (Å²) in [5.74, 6) is 1.23. The van der Waals surface area contributed by atoms with Gasteiger partial charge in [0.05, 0.1) is 4.92 Å². The van der Waals surface area contributed by atoms with E-state index in [0.29, 0.717) is 37.6 Å². The number of anilines is 1. The first-order chi connectivity index (χ1) is 15.5. The van der Waals surface area contributed by atoms with E-state index < -0.39 is 4.92 Å². The lowest BCUT2D eigenvalue weighted by atomic mass is 9.98. The van der Waals surface area contributed by atoms with E-state index in [1.807, 2.05) is 17.0 Å². The van der Waals surface area contributed by atoms with Crippen LogP contribution in [0.1, 0.15) is 45.1 Å². The summed E-state index contributed by atoms with van der Waals surface area (Å²) in [4.78, 5) is 32.7. The van der Waals surface area contributed by atoms with Crippen LogP contribution < -0.4 is 9.64 Å². The molecule has 0 saturated carbocycles. The van der Waals surface area contributed by atoms with Gasteiger partial charge in [-0.3, -0.25) is 10.1 Å². The first-order valence-electron chi connectivity index (χ1n) is 11.1. The molecule has 1 saturated heterocycles. The first-order valence-corrected chi connectivity index (χ1v) is 11.1. The Bertz CT molecular complexity index is 911. The smallest absolute Gasteiger partial charge is 0.373 e. The van der Waals surface area contributed by atoms with Crippen molar-refractivity contribution in [3.8, 4) is 11.6 Å². The molecule has 172 valence electrons. The van der Waals surface area contributed by atoms with Gasteiger partial charge in [-0.05, 0) is 56.2 Å². The standard InChI is InChI=1S/C23H30N4O5/c1-3-14-31-15-19-10-12-26(13-11-19)22-21(27(29)30)23(25-16-24-22)32-20-8-6-18(7-9-20)5-4-17(2)28/h6-9,16,19H,3-5,10-15H2,1-2H3. The topological polar surface area (TPSA) is 108 Å². The van der Waals surface area contributed by atoms with Gasteiger partial charge in [0.25, 0.3) is 0 Å². The van der Waals surface area contributed by atoms with E-state index in [0.717, 1.165) is 38.0 Å². The summed E-state index contributed by atoms with van der Waals surface area (Å²) in [7, 11) is 0. The van der Waals surface area contributed by atoms with Crippen molar-refractivity contribution >= 4 is 17.3 Å². The zero-order chi connectivity index (χ0) is 22.9. The van der Waals surface area contributed by atoms with Gasteiger partial charge in [-0.2, -0.15) is 4.98 Å². The van der Waals surface area contributed by atoms with Gasteiger partial charge in [0.15, 0.2) is 0 Å². The minimum Gasteiger partial charge on any atom is -0.434 e. The Labute approximate surface area is 187 Å². The minimum absolute atomic E-state index is 0.0788. The molecule has 0 aliphatic carbocycles. The molecule has 2 heterocycles. The Morgan fingerprint density at radius 1 is 1.22 bits per heavy atom. The number of hydrogen-bond donors (Lipinski definition) is 0. The number of ether oxygens (including phenoxy) is 2. The number of aryl methyl sites for hydroxylation is 1. The lowest BCUT2D eigenvalue weighted by molar-refractivity contribution is -0.385. The number of carbonyl (C=O) groups is 1. The lowest BCUT2D eigenvalue weighted by Crippen LogP contribution is -2.36. The molecule has 32 heavy (non-hydrogen) atoms. The summed E-state index contributed by atoms with van der Waals surface area (Å²) in [5, 5.41) is 11.9. The van der Waals surface area contributed by atoms with Crippen molar-refractivity contribution in [1.29, 1.82) is 0 Å². The first kappa shape index (κ1) is 23.6. The fourth-order valence-corrected chi connectivity index (χ4v) is 3.68. The summed E-state index contributed by atoms with van der Waals surface area (Å²) >= 11 is 0. The quantitative estimate of drug-likeness (QED) is 0.287. The van der Waals surface area contributed by atoms with Gasteiger partial charge in [0.2, 0.25) is 5.82 Å².